The topological polar surface area (TPSA) is 0 Å². The number of hydrogen-bond acceptors (Lipinski definition) is 1. The van der Waals surface area contributed by atoms with Gasteiger partial charge in [0.15, 0.2) is 0 Å². The predicted molar refractivity (Wildman–Crippen MR) is 206 cm³/mol. The van der Waals surface area contributed by atoms with E-state index in [1.165, 1.54) is 49.7 Å². The Hall–Kier alpha value is -1.87. The first-order valence-corrected chi connectivity index (χ1v) is 30.1. The van der Waals surface area contributed by atoms with Gasteiger partial charge >= 0.3 is 266 Å². The van der Waals surface area contributed by atoms with E-state index in [9.17, 15) is 0 Å². The number of hydrogen-bond donors (Lipinski definition) is 0. The number of aryl methyl sites for hydroxylation is 1. The van der Waals surface area contributed by atoms with Crippen molar-refractivity contribution in [2.45, 2.75) is 52.8 Å². The average Bonchev–Trinajstić information content (AvgIpc) is 3.63. The summed E-state index contributed by atoms with van der Waals surface area (Å²) in [6.07, 6.45) is 5.17. The zero-order chi connectivity index (χ0) is 30.3. The van der Waals surface area contributed by atoms with Crippen LogP contribution in [0.25, 0.3) is 33.5 Å². The van der Waals surface area contributed by atoms with Crippen LogP contribution >= 0.6 is 36.6 Å². The third-order valence-electron chi connectivity index (χ3n) is 10.2. The molecule has 0 bridgehead atoms. The van der Waals surface area contributed by atoms with Gasteiger partial charge < -0.3 is 0 Å². The van der Waals surface area contributed by atoms with Gasteiger partial charge in [-0.3, -0.25) is 0 Å². The molecule has 0 amide bonds. The molecule has 0 fully saturated rings. The summed E-state index contributed by atoms with van der Waals surface area (Å²) in [6.45, 7) is 14.5. The van der Waals surface area contributed by atoms with Crippen molar-refractivity contribution in [2.24, 2.45) is 5.92 Å². The van der Waals surface area contributed by atoms with Crippen molar-refractivity contribution in [2.75, 3.05) is 0 Å². The Morgan fingerprint density at radius 1 is 0.778 bits per heavy atom. The maximum atomic E-state index is 2.76. The fraction of sp³-hybridized carbons (Fsp3) is 0.250. The number of thioether (sulfide) groups is 1. The maximum Gasteiger partial charge on any atom is -0.147 e. The summed E-state index contributed by atoms with van der Waals surface area (Å²) in [5, 5.41) is 3.14. The van der Waals surface area contributed by atoms with Crippen molar-refractivity contribution in [3.8, 4) is 11.1 Å². The SMILES string of the molecule is CC1=Cc2c(-c3ccccc3)ccc(C)c2[CH]1[Zr]([CH3])([CH3])(=[SiH2])[C]1=C2SC(C)C(c3cccc4ccccc34)=C2C=C1C(C)C.Cl.Cl. The summed E-state index contributed by atoms with van der Waals surface area (Å²) in [6, 6.07) is 31.5. The van der Waals surface area contributed by atoms with E-state index in [2.05, 4.69) is 160 Å². The molecule has 2 aliphatic carbocycles. The normalized spacial score (nSPS) is 19.3. The number of allylic oxidation sites excluding steroid dienone is 5. The Balaban J connectivity index is 0.00000200. The predicted octanol–water partition coefficient (Wildman–Crippen LogP) is 11.8. The molecule has 7 rings (SSSR count). The van der Waals surface area contributed by atoms with Crippen LogP contribution in [0.3, 0.4) is 0 Å². The zero-order valence-electron chi connectivity index (χ0n) is 27.4. The molecule has 0 saturated carbocycles. The van der Waals surface area contributed by atoms with Crippen LogP contribution in [-0.2, 0) is 17.4 Å². The molecule has 3 aliphatic rings. The molecule has 1 aliphatic heterocycles. The molecule has 4 aromatic carbocycles. The molecule has 0 N–H and O–H groups in total. The third-order valence-corrected chi connectivity index (χ3v) is 28.1. The molecule has 0 nitrogen and oxygen atoms in total. The number of fused-ring (bicyclic) bond motifs is 3. The second-order valence-corrected chi connectivity index (χ2v) is 45.0. The van der Waals surface area contributed by atoms with Crippen molar-refractivity contribution >= 4 is 65.9 Å². The first-order valence-electron chi connectivity index (χ1n) is 15.8. The summed E-state index contributed by atoms with van der Waals surface area (Å²) in [5.41, 5.74) is 14.8. The van der Waals surface area contributed by atoms with Crippen molar-refractivity contribution in [1.29, 1.82) is 0 Å². The first-order chi connectivity index (χ1) is 20.5. The zero-order valence-corrected chi connectivity index (χ0v) is 33.7. The van der Waals surface area contributed by atoms with E-state index in [-0.39, 0.29) is 24.8 Å². The van der Waals surface area contributed by atoms with Crippen molar-refractivity contribution < 1.29 is 17.4 Å². The average molecular weight is 747 g/mol. The summed E-state index contributed by atoms with van der Waals surface area (Å²) in [4.78, 5) is 1.60. The minimum atomic E-state index is -3.74. The van der Waals surface area contributed by atoms with Gasteiger partial charge in [-0.05, 0) is 0 Å². The Bertz CT molecular complexity index is 2040. The van der Waals surface area contributed by atoms with Gasteiger partial charge in [-0.2, -0.15) is 0 Å². The summed E-state index contributed by atoms with van der Waals surface area (Å²) < 4.78 is 7.79. The minimum absolute atomic E-state index is 0. The van der Waals surface area contributed by atoms with Crippen LogP contribution in [0.15, 0.2) is 116 Å². The van der Waals surface area contributed by atoms with Gasteiger partial charge in [0.2, 0.25) is 0 Å². The number of benzene rings is 4. The molecule has 45 heavy (non-hydrogen) atoms. The standard InChI is InChI=1S/C21H19S.C17H15.2CH3.2ClH.H2Si.Zr/c1-13(2)16-11-19-20(12-16)22-14(3)21(19)18-10-6-8-15-7-4-5-9-17(15)18;1-12-10-16-13(2)8-9-15(17(16)11-12)14-6-4-3-5-7-14;;;;;;/h4-11,13-14H,1-3H3;3-11H,1-2H3;2*1H3;2*1H;1H2;. The Labute approximate surface area is 288 Å². The molecule has 0 radical (unpaired) electrons. The molecule has 0 spiro atoms. The molecule has 1 heterocycles. The van der Waals surface area contributed by atoms with Gasteiger partial charge in [0, 0.05) is 0 Å². The summed E-state index contributed by atoms with van der Waals surface area (Å²) in [5.74, 6) is 0.490. The van der Waals surface area contributed by atoms with Crippen LogP contribution in [0.5, 0.6) is 0 Å². The second kappa shape index (κ2) is 12.3. The van der Waals surface area contributed by atoms with Crippen LogP contribution in [-0.4, -0.2) is 12.1 Å². The van der Waals surface area contributed by atoms with E-state index in [4.69, 9.17) is 0 Å². The van der Waals surface area contributed by atoms with Crippen LogP contribution in [0, 0.1) is 12.8 Å². The molecular formula is C40H44Cl2SSiZr. The van der Waals surface area contributed by atoms with Crippen molar-refractivity contribution in [1.82, 2.24) is 0 Å². The second-order valence-electron chi connectivity index (χ2n) is 14.3. The number of halogens is 2. The fourth-order valence-electron chi connectivity index (χ4n) is 8.49. The molecular weight excluding hydrogens is 703 g/mol. The molecule has 0 saturated heterocycles. The Morgan fingerprint density at radius 2 is 1.44 bits per heavy atom. The molecule has 0 aromatic heterocycles. The monoisotopic (exact) mass is 744 g/mol. The van der Waals surface area contributed by atoms with E-state index in [0.29, 0.717) is 14.8 Å². The van der Waals surface area contributed by atoms with Crippen LogP contribution < -0.4 is 0 Å². The van der Waals surface area contributed by atoms with Gasteiger partial charge in [0.25, 0.3) is 0 Å². The van der Waals surface area contributed by atoms with Gasteiger partial charge in [-0.1, -0.05) is 0 Å². The van der Waals surface area contributed by atoms with Crippen molar-refractivity contribution in [3.05, 3.63) is 138 Å². The molecule has 232 valence electrons. The van der Waals surface area contributed by atoms with Gasteiger partial charge in [0.1, 0.15) is 0 Å². The van der Waals surface area contributed by atoms with E-state index >= 15 is 0 Å². The van der Waals surface area contributed by atoms with Crippen molar-refractivity contribution in [3.63, 3.8) is 0 Å². The summed E-state index contributed by atoms with van der Waals surface area (Å²) >= 11 is -1.60. The quantitative estimate of drug-likeness (QED) is 0.183. The Morgan fingerprint density at radius 3 is 2.16 bits per heavy atom. The van der Waals surface area contributed by atoms with E-state index < -0.39 is 17.4 Å². The Kier molecular flexibility index (Phi) is 9.42. The maximum absolute atomic E-state index is 3.74. The van der Waals surface area contributed by atoms with Gasteiger partial charge in [-0.15, -0.1) is 24.8 Å². The van der Waals surface area contributed by atoms with Crippen LogP contribution in [0.2, 0.25) is 9.26 Å². The van der Waals surface area contributed by atoms with Gasteiger partial charge in [0.05, 0.1) is 0 Å². The van der Waals surface area contributed by atoms with E-state index in [1.54, 1.807) is 24.9 Å². The summed E-state index contributed by atoms with van der Waals surface area (Å²) in [7, 11) is 0. The van der Waals surface area contributed by atoms with Crippen LogP contribution in [0.1, 0.15) is 53.6 Å². The molecule has 5 heteroatoms. The van der Waals surface area contributed by atoms with Gasteiger partial charge in [-0.25, -0.2) is 0 Å². The molecule has 2 unspecified atom stereocenters. The molecule has 2 atom stereocenters. The number of rotatable bonds is 5. The molecule has 4 aromatic rings. The third kappa shape index (κ3) is 5.40. The van der Waals surface area contributed by atoms with E-state index in [1.807, 2.05) is 0 Å². The largest absolute Gasteiger partial charge is 0.147 e. The fourth-order valence-corrected chi connectivity index (χ4v) is 31.4. The smallest absolute Gasteiger partial charge is 0.147 e. The first kappa shape index (κ1) is 34.5. The minimum Gasteiger partial charge on any atom is -0.147 e. The van der Waals surface area contributed by atoms with Crippen LogP contribution in [0.4, 0.5) is 0 Å². The van der Waals surface area contributed by atoms with E-state index in [0.717, 1.165) is 0 Å².